The first-order valence-electron chi connectivity index (χ1n) is 12.0. The molecule has 8 heteroatoms. The summed E-state index contributed by atoms with van der Waals surface area (Å²) in [7, 11) is 0. The van der Waals surface area contributed by atoms with Gasteiger partial charge in [-0.3, -0.25) is 9.59 Å². The Labute approximate surface area is 221 Å². The van der Waals surface area contributed by atoms with Gasteiger partial charge in [0.2, 0.25) is 5.91 Å². The van der Waals surface area contributed by atoms with E-state index >= 15 is 0 Å². The van der Waals surface area contributed by atoms with Crippen LogP contribution in [0.15, 0.2) is 78.9 Å². The topological polar surface area (TPSA) is 119 Å². The maximum absolute atomic E-state index is 13.6. The number of phenols is 1. The van der Waals surface area contributed by atoms with E-state index in [-0.39, 0.29) is 41.5 Å². The zero-order chi connectivity index (χ0) is 26.8. The molecule has 0 spiro atoms. The van der Waals surface area contributed by atoms with E-state index < -0.39 is 17.9 Å². The summed E-state index contributed by atoms with van der Waals surface area (Å²) in [6, 6.07) is 22.0. The van der Waals surface area contributed by atoms with Crippen molar-refractivity contribution < 1.29 is 24.2 Å². The van der Waals surface area contributed by atoms with E-state index in [0.717, 1.165) is 28.5 Å². The van der Waals surface area contributed by atoms with Crippen LogP contribution in [0, 0.1) is 5.92 Å². The minimum absolute atomic E-state index is 0.0765. The Hall–Kier alpha value is -3.78. The zero-order valence-electron chi connectivity index (χ0n) is 20.9. The number of aromatic hydroxyl groups is 1. The van der Waals surface area contributed by atoms with Crippen LogP contribution in [0.5, 0.6) is 5.75 Å². The van der Waals surface area contributed by atoms with Crippen molar-refractivity contribution in [2.75, 3.05) is 11.5 Å². The number of nitrogens with one attached hydrogen (secondary N) is 1. The Kier molecular flexibility index (Phi) is 10.1. The third kappa shape index (κ3) is 8.68. The predicted molar refractivity (Wildman–Crippen MR) is 146 cm³/mol. The van der Waals surface area contributed by atoms with E-state index in [4.69, 9.17) is 10.5 Å². The number of thioether (sulfide) groups is 1. The van der Waals surface area contributed by atoms with E-state index in [1.54, 1.807) is 24.3 Å². The first kappa shape index (κ1) is 27.8. The fourth-order valence-corrected chi connectivity index (χ4v) is 4.71. The molecule has 4 N–H and O–H groups in total. The van der Waals surface area contributed by atoms with E-state index in [0.29, 0.717) is 5.69 Å². The summed E-state index contributed by atoms with van der Waals surface area (Å²) < 4.78 is 5.55. The van der Waals surface area contributed by atoms with Crippen LogP contribution < -0.4 is 11.1 Å². The van der Waals surface area contributed by atoms with Gasteiger partial charge < -0.3 is 20.9 Å². The maximum Gasteiger partial charge on any atom is 0.329 e. The van der Waals surface area contributed by atoms with Crippen molar-refractivity contribution in [2.45, 2.75) is 38.8 Å². The van der Waals surface area contributed by atoms with Crippen molar-refractivity contribution in [2.24, 2.45) is 5.92 Å². The van der Waals surface area contributed by atoms with Crippen molar-refractivity contribution in [3.63, 3.8) is 0 Å². The lowest BCUT2D eigenvalue weighted by molar-refractivity contribution is -0.149. The third-order valence-corrected chi connectivity index (χ3v) is 7.00. The Morgan fingerprint density at radius 2 is 1.59 bits per heavy atom. The van der Waals surface area contributed by atoms with E-state index in [9.17, 15) is 19.5 Å². The molecule has 0 saturated heterocycles. The van der Waals surface area contributed by atoms with Gasteiger partial charge >= 0.3 is 5.97 Å². The summed E-state index contributed by atoms with van der Waals surface area (Å²) in [5.74, 6) is -1.36. The molecule has 37 heavy (non-hydrogen) atoms. The second-order valence-electron chi connectivity index (χ2n) is 8.89. The van der Waals surface area contributed by atoms with Gasteiger partial charge in [-0.2, -0.15) is 0 Å². The normalized spacial score (nSPS) is 13.2. The summed E-state index contributed by atoms with van der Waals surface area (Å²) in [5.41, 5.74) is 8.92. The zero-order valence-corrected chi connectivity index (χ0v) is 21.7. The van der Waals surface area contributed by atoms with E-state index in [1.807, 2.05) is 49.4 Å². The van der Waals surface area contributed by atoms with Gasteiger partial charge in [-0.1, -0.05) is 73.3 Å². The first-order chi connectivity index (χ1) is 17.7. The number of anilines is 1. The molecule has 3 aromatic rings. The highest BCUT2D eigenvalue weighted by Crippen LogP contribution is 2.29. The van der Waals surface area contributed by atoms with Crippen molar-refractivity contribution in [1.29, 1.82) is 0 Å². The molecule has 0 bridgehead atoms. The molecule has 3 aromatic carbocycles. The largest absolute Gasteiger partial charge is 0.508 e. The lowest BCUT2D eigenvalue weighted by Crippen LogP contribution is -2.47. The lowest BCUT2D eigenvalue weighted by atomic mass is 9.87. The predicted octanol–water partition coefficient (Wildman–Crippen LogP) is 4.44. The molecule has 3 rings (SSSR count). The van der Waals surface area contributed by atoms with Crippen molar-refractivity contribution in [3.8, 4) is 5.75 Å². The number of ether oxygens (including phenoxy) is 1. The molecular formula is C29H32N2O5S. The van der Waals surface area contributed by atoms with Crippen LogP contribution in [0.3, 0.4) is 0 Å². The molecular weight excluding hydrogens is 488 g/mol. The fraction of sp³-hybridized carbons (Fsp3) is 0.276. The Balaban J connectivity index is 1.80. The Morgan fingerprint density at radius 3 is 2.22 bits per heavy atom. The summed E-state index contributed by atoms with van der Waals surface area (Å²) in [5, 5.41) is 12.4. The monoisotopic (exact) mass is 520 g/mol. The number of rotatable bonds is 11. The Bertz CT molecular complexity index is 1180. The number of carbonyl (C=O) groups is 3. The summed E-state index contributed by atoms with van der Waals surface area (Å²) in [4.78, 5) is 38.4. The second kappa shape index (κ2) is 13.5. The smallest absolute Gasteiger partial charge is 0.329 e. The average molecular weight is 521 g/mol. The number of esters is 1. The minimum atomic E-state index is -0.954. The van der Waals surface area contributed by atoms with E-state index in [1.165, 1.54) is 19.1 Å². The van der Waals surface area contributed by atoms with Gasteiger partial charge in [0.25, 0.3) is 0 Å². The van der Waals surface area contributed by atoms with Gasteiger partial charge in [0.05, 0.1) is 5.92 Å². The van der Waals surface area contributed by atoms with Gasteiger partial charge in [-0.05, 0) is 46.9 Å². The molecule has 7 nitrogen and oxygen atoms in total. The first-order valence-corrected chi connectivity index (χ1v) is 13.0. The molecule has 0 aliphatic rings. The molecule has 194 valence electrons. The molecule has 0 aliphatic carbocycles. The number of hydrogen-bond donors (Lipinski definition) is 3. The SMILES string of the molecule is CC(=O)SCC(C(=O)N[C@@H](Cc1ccc(O)cc1)C(=O)OCc1ccccc1)C(C)c1ccc(N)cc1. The highest BCUT2D eigenvalue weighted by molar-refractivity contribution is 8.13. The van der Waals surface area contributed by atoms with Crippen molar-refractivity contribution in [1.82, 2.24) is 5.32 Å². The third-order valence-electron chi connectivity index (χ3n) is 6.07. The highest BCUT2D eigenvalue weighted by atomic mass is 32.2. The molecule has 0 radical (unpaired) electrons. The fourth-order valence-electron chi connectivity index (χ4n) is 3.86. The lowest BCUT2D eigenvalue weighted by Gasteiger charge is -2.26. The molecule has 1 amide bonds. The summed E-state index contributed by atoms with van der Waals surface area (Å²) >= 11 is 1.07. The second-order valence-corrected chi connectivity index (χ2v) is 10.1. The Morgan fingerprint density at radius 1 is 0.946 bits per heavy atom. The molecule has 0 saturated carbocycles. The minimum Gasteiger partial charge on any atom is -0.508 e. The van der Waals surface area contributed by atoms with Crippen LogP contribution in [0.25, 0.3) is 0 Å². The number of amides is 1. The van der Waals surface area contributed by atoms with Crippen molar-refractivity contribution >= 4 is 34.4 Å². The van der Waals surface area contributed by atoms with Gasteiger partial charge in [0.15, 0.2) is 5.12 Å². The quantitative estimate of drug-likeness (QED) is 0.253. The van der Waals surface area contributed by atoms with Crippen LogP contribution >= 0.6 is 11.8 Å². The standard InChI is InChI=1S/C29H32N2O5S/c1-19(23-10-12-24(30)13-11-23)26(18-37-20(2)32)28(34)31-27(16-21-8-14-25(33)15-9-21)29(35)36-17-22-6-4-3-5-7-22/h3-15,19,26-27,33H,16-18,30H2,1-2H3,(H,31,34)/t19?,26?,27-/m0/s1. The summed E-state index contributed by atoms with van der Waals surface area (Å²) in [6.45, 7) is 3.45. The molecule has 0 aromatic heterocycles. The van der Waals surface area contributed by atoms with Crippen LogP contribution in [0.4, 0.5) is 5.69 Å². The number of hydrogen-bond acceptors (Lipinski definition) is 7. The number of nitrogen functional groups attached to an aromatic ring is 1. The number of carbonyl (C=O) groups excluding carboxylic acids is 3. The van der Waals surface area contributed by atoms with Crippen LogP contribution in [-0.4, -0.2) is 33.9 Å². The highest BCUT2D eigenvalue weighted by Gasteiger charge is 2.31. The molecule has 0 aliphatic heterocycles. The molecule has 2 unspecified atom stereocenters. The number of phenolic OH excluding ortho intramolecular Hbond substituents is 1. The molecule has 0 fully saturated rings. The van der Waals surface area contributed by atoms with Crippen molar-refractivity contribution in [3.05, 3.63) is 95.6 Å². The van der Waals surface area contributed by atoms with Gasteiger partial charge in [-0.15, -0.1) is 0 Å². The molecule has 0 heterocycles. The van der Waals surface area contributed by atoms with Gasteiger partial charge in [0.1, 0.15) is 18.4 Å². The van der Waals surface area contributed by atoms with Crippen LogP contribution in [-0.2, 0) is 32.1 Å². The maximum atomic E-state index is 13.6. The average Bonchev–Trinajstić information content (AvgIpc) is 2.89. The van der Waals surface area contributed by atoms with Crippen LogP contribution in [0.1, 0.15) is 36.5 Å². The number of nitrogens with two attached hydrogens (primary N) is 1. The molecule has 3 atom stereocenters. The summed E-state index contributed by atoms with van der Waals surface area (Å²) in [6.07, 6.45) is 0.183. The van der Waals surface area contributed by atoms with Gasteiger partial charge in [0, 0.05) is 24.8 Å². The number of benzene rings is 3. The van der Waals surface area contributed by atoms with Crippen LogP contribution in [0.2, 0.25) is 0 Å². The van der Waals surface area contributed by atoms with E-state index in [2.05, 4.69) is 5.32 Å². The van der Waals surface area contributed by atoms with Gasteiger partial charge in [-0.25, -0.2) is 4.79 Å².